The van der Waals surface area contributed by atoms with Gasteiger partial charge in [-0.2, -0.15) is 0 Å². The van der Waals surface area contributed by atoms with Crippen molar-refractivity contribution in [2.24, 2.45) is 0 Å². The van der Waals surface area contributed by atoms with Gasteiger partial charge in [-0.1, -0.05) is 48.5 Å². The van der Waals surface area contributed by atoms with Gasteiger partial charge in [0, 0.05) is 25.2 Å². The van der Waals surface area contributed by atoms with Crippen molar-refractivity contribution in [3.63, 3.8) is 0 Å². The van der Waals surface area contributed by atoms with Crippen molar-refractivity contribution < 1.29 is 23.4 Å². The summed E-state index contributed by atoms with van der Waals surface area (Å²) in [6, 6.07) is 21.5. The fourth-order valence-electron chi connectivity index (χ4n) is 3.41. The zero-order valence-corrected chi connectivity index (χ0v) is 16.7. The average Bonchev–Trinajstić information content (AvgIpc) is 3.27. The third kappa shape index (κ3) is 5.49. The van der Waals surface area contributed by atoms with Gasteiger partial charge in [0.15, 0.2) is 0 Å². The highest BCUT2D eigenvalue weighted by atomic mass is 16.6. The maximum atomic E-state index is 12.5. The van der Waals surface area contributed by atoms with Gasteiger partial charge in [0.05, 0.1) is 12.9 Å². The van der Waals surface area contributed by atoms with Gasteiger partial charge in [-0.15, -0.1) is 0 Å². The Morgan fingerprint density at radius 3 is 2.60 bits per heavy atom. The number of esters is 1. The second-order valence-electron chi connectivity index (χ2n) is 7.19. The Bertz CT molecular complexity index is 925. The summed E-state index contributed by atoms with van der Waals surface area (Å²) >= 11 is 0. The molecule has 3 aromatic rings. The van der Waals surface area contributed by atoms with E-state index in [2.05, 4.69) is 17.0 Å². The topological polar surface area (TPSA) is 61.1 Å². The van der Waals surface area contributed by atoms with Crippen molar-refractivity contribution in [2.75, 3.05) is 26.3 Å². The maximum absolute atomic E-state index is 12.5. The third-order valence-electron chi connectivity index (χ3n) is 4.94. The van der Waals surface area contributed by atoms with Crippen LogP contribution in [0.4, 0.5) is 0 Å². The van der Waals surface area contributed by atoms with E-state index in [1.165, 1.54) is 11.8 Å². The first-order valence-electron chi connectivity index (χ1n) is 10.1. The highest BCUT2D eigenvalue weighted by Gasteiger charge is 2.24. The molecule has 0 saturated carbocycles. The number of carbonyl (C=O) groups is 1. The number of nitrogens with zero attached hydrogens (tertiary/aromatic N) is 1. The fraction of sp³-hybridized carbons (Fsp3) is 0.292. The Morgan fingerprint density at radius 2 is 1.80 bits per heavy atom. The lowest BCUT2D eigenvalue weighted by atomic mass is 10.2. The number of hydrogen-bond acceptors (Lipinski definition) is 6. The second kappa shape index (κ2) is 10.1. The quantitative estimate of drug-likeness (QED) is 0.528. The van der Waals surface area contributed by atoms with E-state index in [0.717, 1.165) is 18.8 Å². The molecule has 1 saturated heterocycles. The fourth-order valence-corrected chi connectivity index (χ4v) is 3.41. The molecule has 1 aromatic heterocycles. The largest absolute Gasteiger partial charge is 0.489 e. The van der Waals surface area contributed by atoms with E-state index in [9.17, 15) is 4.79 Å². The molecule has 156 valence electrons. The molecule has 1 aliphatic rings. The number of benzene rings is 2. The zero-order chi connectivity index (χ0) is 20.6. The number of rotatable bonds is 8. The lowest BCUT2D eigenvalue weighted by molar-refractivity contribution is -0.0618. The molecule has 0 spiro atoms. The van der Waals surface area contributed by atoms with Crippen LogP contribution in [0.15, 0.2) is 77.4 Å². The summed E-state index contributed by atoms with van der Waals surface area (Å²) in [5, 5.41) is 0. The summed E-state index contributed by atoms with van der Waals surface area (Å²) in [5.41, 5.74) is 1.91. The van der Waals surface area contributed by atoms with Crippen LogP contribution < -0.4 is 4.74 Å². The van der Waals surface area contributed by atoms with E-state index in [-0.39, 0.29) is 25.1 Å². The minimum absolute atomic E-state index is 0.162. The molecule has 1 atom stereocenters. The van der Waals surface area contributed by atoms with Crippen molar-refractivity contribution in [3.8, 4) is 5.75 Å². The molecule has 30 heavy (non-hydrogen) atoms. The molecule has 0 aliphatic carbocycles. The van der Waals surface area contributed by atoms with Gasteiger partial charge in [-0.3, -0.25) is 4.90 Å². The van der Waals surface area contributed by atoms with Gasteiger partial charge in [0.1, 0.15) is 25.1 Å². The molecule has 0 bridgehead atoms. The van der Waals surface area contributed by atoms with Crippen LogP contribution in [0, 0.1) is 0 Å². The molecule has 4 rings (SSSR count). The lowest BCUT2D eigenvalue weighted by Crippen LogP contribution is -2.44. The molecule has 6 nitrogen and oxygen atoms in total. The van der Waals surface area contributed by atoms with Crippen molar-refractivity contribution in [1.29, 1.82) is 0 Å². The van der Waals surface area contributed by atoms with Crippen LogP contribution >= 0.6 is 0 Å². The van der Waals surface area contributed by atoms with Crippen LogP contribution in [0.25, 0.3) is 0 Å². The molecule has 0 amide bonds. The van der Waals surface area contributed by atoms with Gasteiger partial charge in [-0.05, 0) is 23.8 Å². The van der Waals surface area contributed by atoms with Crippen LogP contribution in [0.2, 0.25) is 0 Å². The molecule has 0 radical (unpaired) electrons. The Labute approximate surface area is 176 Å². The first kappa shape index (κ1) is 20.2. The van der Waals surface area contributed by atoms with Crippen molar-refractivity contribution in [2.45, 2.75) is 19.3 Å². The SMILES string of the molecule is O=C(OCC1CN(Cc2ccccc2)CCO1)c1occc1COc1ccccc1. The van der Waals surface area contributed by atoms with Crippen molar-refractivity contribution in [3.05, 3.63) is 89.9 Å². The van der Waals surface area contributed by atoms with E-state index in [1.54, 1.807) is 6.07 Å². The Kier molecular flexibility index (Phi) is 6.79. The van der Waals surface area contributed by atoms with E-state index in [4.69, 9.17) is 18.6 Å². The summed E-state index contributed by atoms with van der Waals surface area (Å²) in [7, 11) is 0. The van der Waals surface area contributed by atoms with E-state index in [1.807, 2.05) is 48.5 Å². The molecule has 1 unspecified atom stereocenters. The Balaban J connectivity index is 1.27. The molecule has 6 heteroatoms. The third-order valence-corrected chi connectivity index (χ3v) is 4.94. The molecular formula is C24H25NO5. The van der Waals surface area contributed by atoms with Crippen LogP contribution in [-0.4, -0.2) is 43.3 Å². The van der Waals surface area contributed by atoms with E-state index >= 15 is 0 Å². The minimum Gasteiger partial charge on any atom is -0.489 e. The summed E-state index contributed by atoms with van der Waals surface area (Å²) in [6.07, 6.45) is 1.31. The van der Waals surface area contributed by atoms with Crippen LogP contribution in [0.5, 0.6) is 5.75 Å². The van der Waals surface area contributed by atoms with Crippen molar-refractivity contribution >= 4 is 5.97 Å². The molecule has 1 fully saturated rings. The zero-order valence-electron chi connectivity index (χ0n) is 16.7. The Morgan fingerprint density at radius 1 is 1.03 bits per heavy atom. The van der Waals surface area contributed by atoms with Gasteiger partial charge >= 0.3 is 5.97 Å². The standard InChI is InChI=1S/C24H25NO5/c26-24(23-20(11-13-28-23)17-29-21-9-5-2-6-10-21)30-18-22-16-25(12-14-27-22)15-19-7-3-1-4-8-19/h1-11,13,22H,12,14-18H2. The molecule has 1 aliphatic heterocycles. The molecular weight excluding hydrogens is 382 g/mol. The molecule has 2 heterocycles. The predicted molar refractivity (Wildman–Crippen MR) is 111 cm³/mol. The smallest absolute Gasteiger partial charge is 0.374 e. The summed E-state index contributed by atoms with van der Waals surface area (Å²) in [5.74, 6) is 0.394. The van der Waals surface area contributed by atoms with Crippen LogP contribution in [-0.2, 0) is 22.6 Å². The first-order chi connectivity index (χ1) is 14.8. The lowest BCUT2D eigenvalue weighted by Gasteiger charge is -2.32. The van der Waals surface area contributed by atoms with Crippen molar-refractivity contribution in [1.82, 2.24) is 4.90 Å². The van der Waals surface area contributed by atoms with Gasteiger partial charge in [-0.25, -0.2) is 4.79 Å². The molecule has 0 N–H and O–H groups in total. The summed E-state index contributed by atoms with van der Waals surface area (Å²) < 4.78 is 22.3. The highest BCUT2D eigenvalue weighted by Crippen LogP contribution is 2.17. The number of morpholine rings is 1. The predicted octanol–water partition coefficient (Wildman–Crippen LogP) is 3.92. The number of ether oxygens (including phenoxy) is 3. The highest BCUT2D eigenvalue weighted by molar-refractivity contribution is 5.87. The number of para-hydroxylation sites is 1. The Hall–Kier alpha value is -3.09. The van der Waals surface area contributed by atoms with Crippen LogP contribution in [0.1, 0.15) is 21.7 Å². The summed E-state index contributed by atoms with van der Waals surface area (Å²) in [6.45, 7) is 3.46. The average molecular weight is 407 g/mol. The minimum atomic E-state index is -0.504. The number of carbonyl (C=O) groups excluding carboxylic acids is 1. The van der Waals surface area contributed by atoms with Gasteiger partial charge in [0.25, 0.3) is 0 Å². The monoisotopic (exact) mass is 407 g/mol. The van der Waals surface area contributed by atoms with E-state index < -0.39 is 5.97 Å². The normalized spacial score (nSPS) is 16.9. The van der Waals surface area contributed by atoms with E-state index in [0.29, 0.717) is 18.7 Å². The number of hydrogen-bond donors (Lipinski definition) is 0. The van der Waals surface area contributed by atoms with Crippen LogP contribution in [0.3, 0.4) is 0 Å². The molecule has 2 aromatic carbocycles. The number of furan rings is 1. The first-order valence-corrected chi connectivity index (χ1v) is 10.1. The van der Waals surface area contributed by atoms with Gasteiger partial charge < -0.3 is 18.6 Å². The summed E-state index contributed by atoms with van der Waals surface area (Å²) in [4.78, 5) is 14.8. The van der Waals surface area contributed by atoms with Gasteiger partial charge in [0.2, 0.25) is 5.76 Å². The second-order valence-corrected chi connectivity index (χ2v) is 7.19. The maximum Gasteiger partial charge on any atom is 0.374 e.